The van der Waals surface area contributed by atoms with Crippen LogP contribution in [0, 0.1) is 23.7 Å². The molecule has 1 N–H and O–H groups in total. The lowest BCUT2D eigenvalue weighted by atomic mass is 9.68. The summed E-state index contributed by atoms with van der Waals surface area (Å²) in [6, 6.07) is 7.20. The fraction of sp³-hybridized carbons (Fsp3) is 0.654. The first-order valence-electron chi connectivity index (χ1n) is 11.7. The second kappa shape index (κ2) is 10.8. The number of rotatable bonds is 8. The minimum atomic E-state index is -0.858. The van der Waals surface area contributed by atoms with E-state index >= 15 is 0 Å². The first-order valence-corrected chi connectivity index (χ1v) is 11.7. The summed E-state index contributed by atoms with van der Waals surface area (Å²) in [5, 5.41) is 8.99. The minimum Gasteiger partial charge on any atom is -0.478 e. The lowest BCUT2D eigenvalue weighted by Crippen LogP contribution is -2.25. The number of allylic oxidation sites excluding steroid dienone is 1. The van der Waals surface area contributed by atoms with Crippen molar-refractivity contribution in [3.63, 3.8) is 0 Å². The van der Waals surface area contributed by atoms with Gasteiger partial charge in [-0.05, 0) is 79.9 Å². The van der Waals surface area contributed by atoms with Crippen molar-refractivity contribution in [2.45, 2.75) is 84.0 Å². The summed E-state index contributed by atoms with van der Waals surface area (Å²) in [6.45, 7) is 2.30. The molecule has 2 nitrogen and oxygen atoms in total. The van der Waals surface area contributed by atoms with Gasteiger partial charge in [-0.3, -0.25) is 0 Å². The SMILES string of the molecule is CCCCCC1CCC(C2CCC(/C=C/c3ccc(C(=O)O)cc3)CC2)CC1. The van der Waals surface area contributed by atoms with Gasteiger partial charge in [-0.1, -0.05) is 69.7 Å². The molecule has 2 aliphatic rings. The molecule has 28 heavy (non-hydrogen) atoms. The van der Waals surface area contributed by atoms with Crippen LogP contribution in [0.3, 0.4) is 0 Å². The Labute approximate surface area is 171 Å². The average molecular weight is 383 g/mol. The van der Waals surface area contributed by atoms with Crippen LogP contribution in [-0.4, -0.2) is 11.1 Å². The molecule has 0 saturated heterocycles. The highest BCUT2D eigenvalue weighted by atomic mass is 16.4. The topological polar surface area (TPSA) is 37.3 Å². The van der Waals surface area contributed by atoms with Crippen molar-refractivity contribution in [1.29, 1.82) is 0 Å². The Bertz CT molecular complexity index is 614. The Morgan fingerprint density at radius 2 is 1.54 bits per heavy atom. The van der Waals surface area contributed by atoms with Crippen LogP contribution in [0.15, 0.2) is 30.3 Å². The number of carbonyl (C=O) groups is 1. The lowest BCUT2D eigenvalue weighted by molar-refractivity contribution is 0.0697. The molecule has 1 aromatic rings. The predicted molar refractivity (Wildman–Crippen MR) is 117 cm³/mol. The normalized spacial score (nSPS) is 28.5. The zero-order valence-corrected chi connectivity index (χ0v) is 17.6. The second-order valence-electron chi connectivity index (χ2n) is 9.24. The zero-order chi connectivity index (χ0) is 19.8. The lowest BCUT2D eigenvalue weighted by Gasteiger charge is -2.37. The van der Waals surface area contributed by atoms with E-state index in [2.05, 4.69) is 19.1 Å². The number of carboxylic acids is 1. The number of hydrogen-bond acceptors (Lipinski definition) is 1. The molecule has 1 aromatic carbocycles. The fourth-order valence-electron chi connectivity index (χ4n) is 5.42. The van der Waals surface area contributed by atoms with Crippen molar-refractivity contribution >= 4 is 12.0 Å². The first kappa shape index (κ1) is 21.1. The van der Waals surface area contributed by atoms with Gasteiger partial charge in [0.2, 0.25) is 0 Å². The maximum absolute atomic E-state index is 10.9. The van der Waals surface area contributed by atoms with Crippen LogP contribution >= 0.6 is 0 Å². The van der Waals surface area contributed by atoms with Gasteiger partial charge in [-0.2, -0.15) is 0 Å². The molecule has 0 aliphatic heterocycles. The van der Waals surface area contributed by atoms with Crippen molar-refractivity contribution in [2.24, 2.45) is 23.7 Å². The Balaban J connectivity index is 1.38. The van der Waals surface area contributed by atoms with Gasteiger partial charge in [0.1, 0.15) is 0 Å². The summed E-state index contributed by atoms with van der Waals surface area (Å²) >= 11 is 0. The molecule has 154 valence electrons. The third-order valence-corrected chi connectivity index (χ3v) is 7.31. The highest BCUT2D eigenvalue weighted by Crippen LogP contribution is 2.42. The van der Waals surface area contributed by atoms with Gasteiger partial charge in [0.25, 0.3) is 0 Å². The molecule has 0 atom stereocenters. The molecular formula is C26H38O2. The number of aromatic carboxylic acids is 1. The standard InChI is InChI=1S/C26H38O2/c1-2-3-4-5-20-8-14-23(15-9-20)24-16-10-21(11-17-24)6-7-22-12-18-25(19-13-22)26(27)28/h6-7,12-13,18-21,23-24H,2-5,8-11,14-17H2,1H3,(H,27,28)/b7-6+. The summed E-state index contributed by atoms with van der Waals surface area (Å²) in [5.41, 5.74) is 1.46. The molecule has 2 saturated carbocycles. The maximum Gasteiger partial charge on any atom is 0.335 e. The van der Waals surface area contributed by atoms with Gasteiger partial charge < -0.3 is 5.11 Å². The fourth-order valence-corrected chi connectivity index (χ4v) is 5.42. The summed E-state index contributed by atoms with van der Waals surface area (Å²) in [7, 11) is 0. The van der Waals surface area contributed by atoms with E-state index in [0.717, 1.165) is 23.3 Å². The predicted octanol–water partition coefficient (Wildman–Crippen LogP) is 7.59. The Morgan fingerprint density at radius 3 is 2.11 bits per heavy atom. The van der Waals surface area contributed by atoms with E-state index in [1.165, 1.54) is 77.0 Å². The third-order valence-electron chi connectivity index (χ3n) is 7.31. The van der Waals surface area contributed by atoms with Crippen LogP contribution in [0.1, 0.15) is 99.9 Å². The Kier molecular flexibility index (Phi) is 8.18. The summed E-state index contributed by atoms with van der Waals surface area (Å²) in [5.74, 6) is 2.83. The van der Waals surface area contributed by atoms with Gasteiger partial charge in [0.05, 0.1) is 5.56 Å². The molecule has 3 rings (SSSR count). The maximum atomic E-state index is 10.9. The molecule has 0 radical (unpaired) electrons. The largest absolute Gasteiger partial charge is 0.478 e. The number of carboxylic acid groups (broad SMARTS) is 1. The van der Waals surface area contributed by atoms with Crippen LogP contribution in [-0.2, 0) is 0 Å². The molecule has 0 amide bonds. The quantitative estimate of drug-likeness (QED) is 0.470. The Hall–Kier alpha value is -1.57. The molecule has 0 bridgehead atoms. The van der Waals surface area contributed by atoms with Gasteiger partial charge >= 0.3 is 5.97 Å². The average Bonchev–Trinajstić information content (AvgIpc) is 2.74. The van der Waals surface area contributed by atoms with Crippen LogP contribution < -0.4 is 0 Å². The van der Waals surface area contributed by atoms with Gasteiger partial charge in [0, 0.05) is 0 Å². The molecule has 0 heterocycles. The smallest absolute Gasteiger partial charge is 0.335 e. The van der Waals surface area contributed by atoms with Crippen molar-refractivity contribution < 1.29 is 9.90 Å². The van der Waals surface area contributed by atoms with E-state index in [4.69, 9.17) is 5.11 Å². The van der Waals surface area contributed by atoms with Crippen LogP contribution in [0.4, 0.5) is 0 Å². The molecule has 0 unspecified atom stereocenters. The molecule has 2 aliphatic carbocycles. The second-order valence-corrected chi connectivity index (χ2v) is 9.24. The highest BCUT2D eigenvalue weighted by molar-refractivity contribution is 5.87. The highest BCUT2D eigenvalue weighted by Gasteiger charge is 2.30. The summed E-state index contributed by atoms with van der Waals surface area (Å²) in [4.78, 5) is 10.9. The van der Waals surface area contributed by atoms with Crippen LogP contribution in [0.5, 0.6) is 0 Å². The van der Waals surface area contributed by atoms with Crippen molar-refractivity contribution in [2.75, 3.05) is 0 Å². The van der Waals surface area contributed by atoms with E-state index < -0.39 is 5.97 Å². The first-order chi connectivity index (χ1) is 13.7. The number of unbranched alkanes of at least 4 members (excludes halogenated alkanes) is 2. The van der Waals surface area contributed by atoms with Gasteiger partial charge in [0.15, 0.2) is 0 Å². The number of hydrogen-bond donors (Lipinski definition) is 1. The minimum absolute atomic E-state index is 0.359. The van der Waals surface area contributed by atoms with Crippen molar-refractivity contribution in [1.82, 2.24) is 0 Å². The van der Waals surface area contributed by atoms with E-state index in [9.17, 15) is 4.79 Å². The van der Waals surface area contributed by atoms with Crippen molar-refractivity contribution in [3.05, 3.63) is 41.5 Å². The van der Waals surface area contributed by atoms with Crippen LogP contribution in [0.2, 0.25) is 0 Å². The van der Waals surface area contributed by atoms with E-state index in [1.54, 1.807) is 12.1 Å². The molecule has 0 spiro atoms. The monoisotopic (exact) mass is 382 g/mol. The van der Waals surface area contributed by atoms with Crippen molar-refractivity contribution in [3.8, 4) is 0 Å². The third kappa shape index (κ3) is 6.22. The van der Waals surface area contributed by atoms with Gasteiger partial charge in [-0.25, -0.2) is 4.79 Å². The van der Waals surface area contributed by atoms with E-state index in [-0.39, 0.29) is 0 Å². The van der Waals surface area contributed by atoms with Gasteiger partial charge in [-0.15, -0.1) is 0 Å². The summed E-state index contributed by atoms with van der Waals surface area (Å²) in [6.07, 6.45) is 21.6. The molecule has 2 heteroatoms. The van der Waals surface area contributed by atoms with E-state index in [1.807, 2.05) is 12.1 Å². The van der Waals surface area contributed by atoms with E-state index in [0.29, 0.717) is 11.5 Å². The summed E-state index contributed by atoms with van der Waals surface area (Å²) < 4.78 is 0. The van der Waals surface area contributed by atoms with Crippen LogP contribution in [0.25, 0.3) is 6.08 Å². The molecular weight excluding hydrogens is 344 g/mol. The molecule has 0 aromatic heterocycles. The Morgan fingerprint density at radius 1 is 0.929 bits per heavy atom. The zero-order valence-electron chi connectivity index (χ0n) is 17.6. The molecule has 2 fully saturated rings. The number of benzene rings is 1.